The van der Waals surface area contributed by atoms with Crippen molar-refractivity contribution in [1.82, 2.24) is 5.32 Å². The molecule has 0 unspecified atom stereocenters. The van der Waals surface area contributed by atoms with E-state index in [1.807, 2.05) is 0 Å². The maximum atomic E-state index is 13.7. The van der Waals surface area contributed by atoms with E-state index in [1.54, 1.807) is 44.2 Å². The highest BCUT2D eigenvalue weighted by Crippen LogP contribution is 2.26. The first kappa shape index (κ1) is 17.9. The van der Waals surface area contributed by atoms with Gasteiger partial charge in [0.25, 0.3) is 5.91 Å². The number of hydrogen-bond acceptors (Lipinski definition) is 1. The van der Waals surface area contributed by atoms with Crippen LogP contribution in [0.25, 0.3) is 0 Å². The van der Waals surface area contributed by atoms with E-state index in [0.717, 1.165) is 0 Å². The number of hydrogen-bond donors (Lipinski definition) is 1. The smallest absolute Gasteiger partial charge is 0.257 e. The molecule has 0 aromatic heterocycles. The van der Waals surface area contributed by atoms with E-state index < -0.39 is 46.6 Å². The molecule has 7 heteroatoms. The zero-order valence-electron chi connectivity index (χ0n) is 12.8. The predicted molar refractivity (Wildman–Crippen MR) is 77.7 cm³/mol. The number of benzene rings is 2. The third kappa shape index (κ3) is 3.25. The molecule has 128 valence electrons. The number of nitrogens with one attached hydrogen (secondary N) is 1. The Morgan fingerprint density at radius 2 is 1.29 bits per heavy atom. The molecule has 2 aromatic rings. The average Bonchev–Trinajstić information content (AvgIpc) is 2.56. The monoisotopic (exact) mass is 343 g/mol. The highest BCUT2D eigenvalue weighted by atomic mass is 19.2. The highest BCUT2D eigenvalue weighted by Gasteiger charge is 2.31. The van der Waals surface area contributed by atoms with Crippen molar-refractivity contribution in [1.29, 1.82) is 0 Å². The summed E-state index contributed by atoms with van der Waals surface area (Å²) >= 11 is 0. The van der Waals surface area contributed by atoms with Crippen LogP contribution in [0, 0.1) is 35.0 Å². The van der Waals surface area contributed by atoms with Crippen LogP contribution in [0.3, 0.4) is 0 Å². The summed E-state index contributed by atoms with van der Waals surface area (Å²) in [6, 6.07) is 7.86. The molecule has 2 aromatic carbocycles. The number of amides is 1. The summed E-state index contributed by atoms with van der Waals surface area (Å²) in [6.45, 7) is 3.49. The van der Waals surface area contributed by atoms with Gasteiger partial charge in [0.1, 0.15) is 5.56 Å². The van der Waals surface area contributed by atoms with Gasteiger partial charge in [-0.25, -0.2) is 22.0 Å². The van der Waals surface area contributed by atoms with E-state index in [-0.39, 0.29) is 5.92 Å². The van der Waals surface area contributed by atoms with Crippen molar-refractivity contribution in [2.45, 2.75) is 19.9 Å². The molecule has 2 nitrogen and oxygen atoms in total. The van der Waals surface area contributed by atoms with Crippen LogP contribution >= 0.6 is 0 Å². The van der Waals surface area contributed by atoms with Gasteiger partial charge in [-0.3, -0.25) is 4.79 Å². The second kappa shape index (κ2) is 6.98. The Bertz CT molecular complexity index is 732. The number of halogens is 5. The molecule has 0 aliphatic rings. The summed E-state index contributed by atoms with van der Waals surface area (Å²) in [7, 11) is 0. The zero-order chi connectivity index (χ0) is 18.0. The van der Waals surface area contributed by atoms with Crippen LogP contribution in [0.15, 0.2) is 30.3 Å². The quantitative estimate of drug-likeness (QED) is 0.494. The lowest BCUT2D eigenvalue weighted by Gasteiger charge is -2.23. The molecule has 1 N–H and O–H groups in total. The number of rotatable bonds is 4. The molecular weight excluding hydrogens is 329 g/mol. The Balaban J connectivity index is 2.42. The number of carbonyl (C=O) groups excluding carboxylic acids is 1. The van der Waals surface area contributed by atoms with Gasteiger partial charge in [-0.15, -0.1) is 0 Å². The Kier molecular flexibility index (Phi) is 5.21. The second-order valence-electron chi connectivity index (χ2n) is 5.55. The van der Waals surface area contributed by atoms with Gasteiger partial charge in [0.15, 0.2) is 23.3 Å². The van der Waals surface area contributed by atoms with Crippen molar-refractivity contribution in [3.63, 3.8) is 0 Å². The summed E-state index contributed by atoms with van der Waals surface area (Å²) in [5.41, 5.74) is -0.849. The summed E-state index contributed by atoms with van der Waals surface area (Å²) in [4.78, 5) is 12.1. The van der Waals surface area contributed by atoms with Gasteiger partial charge in [0.2, 0.25) is 5.82 Å². The SMILES string of the molecule is CC(C)[C@@H](NC(=O)c1c(F)c(F)c(F)c(F)c1F)c1ccccc1. The van der Waals surface area contributed by atoms with Crippen LogP contribution in [0.5, 0.6) is 0 Å². The maximum absolute atomic E-state index is 13.7. The van der Waals surface area contributed by atoms with Gasteiger partial charge >= 0.3 is 0 Å². The van der Waals surface area contributed by atoms with Crippen molar-refractivity contribution in [2.75, 3.05) is 0 Å². The molecule has 2 rings (SSSR count). The molecule has 1 atom stereocenters. The largest absolute Gasteiger partial charge is 0.345 e. The Labute approximate surface area is 135 Å². The van der Waals surface area contributed by atoms with Crippen molar-refractivity contribution in [3.05, 3.63) is 70.5 Å². The Morgan fingerprint density at radius 3 is 1.75 bits per heavy atom. The minimum absolute atomic E-state index is 0.183. The van der Waals surface area contributed by atoms with E-state index >= 15 is 0 Å². The minimum Gasteiger partial charge on any atom is -0.345 e. The van der Waals surface area contributed by atoms with E-state index in [4.69, 9.17) is 0 Å². The van der Waals surface area contributed by atoms with E-state index in [2.05, 4.69) is 5.32 Å². The van der Waals surface area contributed by atoms with Crippen LogP contribution < -0.4 is 5.32 Å². The van der Waals surface area contributed by atoms with E-state index in [9.17, 15) is 26.7 Å². The average molecular weight is 343 g/mol. The van der Waals surface area contributed by atoms with Crippen LogP contribution in [0.4, 0.5) is 22.0 Å². The van der Waals surface area contributed by atoms with Crippen molar-refractivity contribution < 1.29 is 26.7 Å². The third-order valence-corrected chi connectivity index (χ3v) is 3.55. The lowest BCUT2D eigenvalue weighted by atomic mass is 9.95. The number of carbonyl (C=O) groups is 1. The molecule has 0 spiro atoms. The molecule has 0 aliphatic carbocycles. The fourth-order valence-electron chi connectivity index (χ4n) is 2.31. The highest BCUT2D eigenvalue weighted by molar-refractivity contribution is 5.95. The fourth-order valence-corrected chi connectivity index (χ4v) is 2.31. The normalized spacial score (nSPS) is 12.3. The van der Waals surface area contributed by atoms with Crippen molar-refractivity contribution in [3.8, 4) is 0 Å². The van der Waals surface area contributed by atoms with Crippen LogP contribution in [0.2, 0.25) is 0 Å². The summed E-state index contributed by atoms with van der Waals surface area (Å²) in [5.74, 6) is -12.5. The first-order valence-corrected chi connectivity index (χ1v) is 7.13. The topological polar surface area (TPSA) is 29.1 Å². The maximum Gasteiger partial charge on any atom is 0.257 e. The van der Waals surface area contributed by atoms with Gasteiger partial charge in [0, 0.05) is 0 Å². The molecule has 24 heavy (non-hydrogen) atoms. The zero-order valence-corrected chi connectivity index (χ0v) is 12.8. The fraction of sp³-hybridized carbons (Fsp3) is 0.235. The Hall–Kier alpha value is -2.44. The molecule has 0 radical (unpaired) electrons. The second-order valence-corrected chi connectivity index (χ2v) is 5.55. The standard InChI is InChI=1S/C17H14F5NO/c1-8(2)16(9-6-4-3-5-7-9)23-17(24)10-11(18)13(20)15(22)14(21)12(10)19/h3-8,16H,1-2H3,(H,23,24)/t16-/m1/s1. The van der Waals surface area contributed by atoms with E-state index in [0.29, 0.717) is 5.56 Å². The first-order chi connectivity index (χ1) is 11.3. The summed E-state index contributed by atoms with van der Waals surface area (Å²) < 4.78 is 67.0. The Morgan fingerprint density at radius 1 is 0.833 bits per heavy atom. The van der Waals surface area contributed by atoms with Gasteiger partial charge in [0.05, 0.1) is 6.04 Å². The van der Waals surface area contributed by atoms with Gasteiger partial charge in [-0.05, 0) is 11.5 Å². The lowest BCUT2D eigenvalue weighted by molar-refractivity contribution is 0.0913. The molecule has 0 heterocycles. The molecular formula is C17H14F5NO. The lowest BCUT2D eigenvalue weighted by Crippen LogP contribution is -2.33. The van der Waals surface area contributed by atoms with Crippen molar-refractivity contribution >= 4 is 5.91 Å². The summed E-state index contributed by atoms with van der Waals surface area (Å²) in [5, 5.41) is 2.33. The first-order valence-electron chi connectivity index (χ1n) is 7.13. The van der Waals surface area contributed by atoms with Crippen LogP contribution in [-0.4, -0.2) is 5.91 Å². The van der Waals surface area contributed by atoms with Crippen LogP contribution in [-0.2, 0) is 0 Å². The van der Waals surface area contributed by atoms with Gasteiger partial charge in [-0.2, -0.15) is 0 Å². The molecule has 0 fully saturated rings. The van der Waals surface area contributed by atoms with Crippen molar-refractivity contribution in [2.24, 2.45) is 5.92 Å². The molecule has 0 saturated heterocycles. The van der Waals surface area contributed by atoms with Crippen LogP contribution in [0.1, 0.15) is 35.8 Å². The molecule has 1 amide bonds. The van der Waals surface area contributed by atoms with Gasteiger partial charge < -0.3 is 5.32 Å². The predicted octanol–water partition coefficient (Wildman–Crippen LogP) is 4.51. The molecule has 0 aliphatic heterocycles. The van der Waals surface area contributed by atoms with Gasteiger partial charge in [-0.1, -0.05) is 44.2 Å². The molecule has 0 saturated carbocycles. The van der Waals surface area contributed by atoms with E-state index in [1.165, 1.54) is 0 Å². The third-order valence-electron chi connectivity index (χ3n) is 3.55. The molecule has 0 bridgehead atoms. The minimum atomic E-state index is -2.30. The summed E-state index contributed by atoms with van der Waals surface area (Å²) in [6.07, 6.45) is 0.